The average Bonchev–Trinajstić information content (AvgIpc) is 3.14. The van der Waals surface area contributed by atoms with Crippen molar-refractivity contribution in [3.8, 4) is 0 Å². The first kappa shape index (κ1) is 20.4. The van der Waals surface area contributed by atoms with Crippen LogP contribution in [0.1, 0.15) is 56.8 Å². The van der Waals surface area contributed by atoms with Crippen molar-refractivity contribution in [1.82, 2.24) is 15.2 Å². The van der Waals surface area contributed by atoms with E-state index in [0.717, 1.165) is 38.8 Å². The number of amides is 1. The molecule has 0 radical (unpaired) electrons. The van der Waals surface area contributed by atoms with Gasteiger partial charge in [-0.3, -0.25) is 9.69 Å². The molecule has 4 rings (SSSR count). The Labute approximate surface area is 174 Å². The molecule has 1 aromatic heterocycles. The second-order valence-corrected chi connectivity index (χ2v) is 8.80. The highest BCUT2D eigenvalue weighted by molar-refractivity contribution is 5.85. The maximum Gasteiger partial charge on any atom is 0.223 e. The topological polar surface area (TPSA) is 57.4 Å². The number of hydrogen-bond donors (Lipinski definition) is 2. The molecule has 2 aliphatic rings. The molecule has 5 heteroatoms. The lowest BCUT2D eigenvalue weighted by Gasteiger charge is -2.54. The van der Waals surface area contributed by atoms with Crippen LogP contribution in [-0.2, 0) is 16.0 Å². The Morgan fingerprint density at radius 2 is 2.21 bits per heavy atom. The quantitative estimate of drug-likeness (QED) is 0.693. The molecule has 2 aromatic rings. The maximum absolute atomic E-state index is 13.1. The fourth-order valence-corrected chi connectivity index (χ4v) is 5.90. The molecule has 1 fully saturated rings. The zero-order chi connectivity index (χ0) is 20.4. The maximum atomic E-state index is 13.1. The highest BCUT2D eigenvalue weighted by Gasteiger charge is 2.52. The summed E-state index contributed by atoms with van der Waals surface area (Å²) in [5, 5.41) is 4.53. The molecular formula is C24H35N3O2. The van der Waals surface area contributed by atoms with Crippen LogP contribution in [0.3, 0.4) is 0 Å². The minimum Gasteiger partial charge on any atom is -0.385 e. The van der Waals surface area contributed by atoms with Crippen molar-refractivity contribution in [1.29, 1.82) is 0 Å². The first-order valence-corrected chi connectivity index (χ1v) is 11.2. The van der Waals surface area contributed by atoms with Crippen molar-refractivity contribution in [2.45, 2.75) is 52.0 Å². The Morgan fingerprint density at radius 1 is 1.38 bits per heavy atom. The SMILES string of the molecule is CC[C@@]1(C(C)C(=O)NCCCOC)CCCN2CCc3c([nH]c4ccccc34)[C@@H]21. The number of methoxy groups -OCH3 is 1. The van der Waals surface area contributed by atoms with E-state index in [1.54, 1.807) is 7.11 Å². The third kappa shape index (κ3) is 3.49. The molecule has 29 heavy (non-hydrogen) atoms. The van der Waals surface area contributed by atoms with Crippen molar-refractivity contribution in [3.05, 3.63) is 35.5 Å². The number of carbonyl (C=O) groups is 1. The highest BCUT2D eigenvalue weighted by Crippen LogP contribution is 2.55. The van der Waals surface area contributed by atoms with Crippen LogP contribution in [0, 0.1) is 11.3 Å². The third-order valence-corrected chi connectivity index (χ3v) is 7.50. The number of nitrogens with zero attached hydrogens (tertiary/aromatic N) is 1. The number of H-pyrrole nitrogens is 1. The van der Waals surface area contributed by atoms with Crippen LogP contribution in [0.4, 0.5) is 0 Å². The molecule has 5 nitrogen and oxygen atoms in total. The molecule has 158 valence electrons. The Balaban J connectivity index is 1.68. The molecule has 3 heterocycles. The minimum absolute atomic E-state index is 0.0276. The summed E-state index contributed by atoms with van der Waals surface area (Å²) in [7, 11) is 1.70. The summed E-state index contributed by atoms with van der Waals surface area (Å²) in [6.07, 6.45) is 5.23. The molecule has 1 aromatic carbocycles. The number of hydrogen-bond acceptors (Lipinski definition) is 3. The first-order chi connectivity index (χ1) is 14.1. The van der Waals surface area contributed by atoms with E-state index in [4.69, 9.17) is 4.74 Å². The van der Waals surface area contributed by atoms with Crippen molar-refractivity contribution in [3.63, 3.8) is 0 Å². The van der Waals surface area contributed by atoms with E-state index >= 15 is 0 Å². The van der Waals surface area contributed by atoms with E-state index in [0.29, 0.717) is 13.2 Å². The highest BCUT2D eigenvalue weighted by atomic mass is 16.5. The van der Waals surface area contributed by atoms with Crippen LogP contribution in [0.25, 0.3) is 10.9 Å². The van der Waals surface area contributed by atoms with Gasteiger partial charge in [0.05, 0.1) is 6.04 Å². The lowest BCUT2D eigenvalue weighted by atomic mass is 9.61. The molecule has 1 unspecified atom stereocenters. The average molecular weight is 398 g/mol. The second-order valence-electron chi connectivity index (χ2n) is 8.80. The minimum atomic E-state index is -0.0420. The summed E-state index contributed by atoms with van der Waals surface area (Å²) in [5.41, 5.74) is 4.01. The molecular weight excluding hydrogens is 362 g/mol. The smallest absolute Gasteiger partial charge is 0.223 e. The van der Waals surface area contributed by atoms with E-state index in [-0.39, 0.29) is 23.3 Å². The van der Waals surface area contributed by atoms with Crippen LogP contribution in [0.15, 0.2) is 24.3 Å². The molecule has 2 N–H and O–H groups in total. The van der Waals surface area contributed by atoms with Gasteiger partial charge in [0.15, 0.2) is 0 Å². The number of nitrogens with one attached hydrogen (secondary N) is 2. The summed E-state index contributed by atoms with van der Waals surface area (Å²) in [6, 6.07) is 8.94. The summed E-state index contributed by atoms with van der Waals surface area (Å²) in [6.45, 7) is 8.00. The van der Waals surface area contributed by atoms with Crippen molar-refractivity contribution < 1.29 is 9.53 Å². The number of fused-ring (bicyclic) bond motifs is 5. The Hall–Kier alpha value is -1.85. The van der Waals surface area contributed by atoms with Gasteiger partial charge in [0.1, 0.15) is 0 Å². The van der Waals surface area contributed by atoms with E-state index in [1.165, 1.54) is 28.6 Å². The van der Waals surface area contributed by atoms with Gasteiger partial charge in [-0.05, 0) is 50.3 Å². The Bertz CT molecular complexity index is 861. The summed E-state index contributed by atoms with van der Waals surface area (Å²) in [5.74, 6) is 0.160. The van der Waals surface area contributed by atoms with Gasteiger partial charge in [0.25, 0.3) is 0 Å². The van der Waals surface area contributed by atoms with Gasteiger partial charge in [-0.1, -0.05) is 32.0 Å². The van der Waals surface area contributed by atoms with Gasteiger partial charge in [0, 0.05) is 54.7 Å². The normalized spacial score (nSPS) is 25.4. The molecule has 1 amide bonds. The number of carbonyl (C=O) groups excluding carboxylic acids is 1. The fraction of sp³-hybridized carbons (Fsp3) is 0.625. The van der Waals surface area contributed by atoms with Crippen LogP contribution in [0.5, 0.6) is 0 Å². The van der Waals surface area contributed by atoms with Gasteiger partial charge in [-0.15, -0.1) is 0 Å². The van der Waals surface area contributed by atoms with E-state index in [9.17, 15) is 4.79 Å². The number of para-hydroxylation sites is 1. The largest absolute Gasteiger partial charge is 0.385 e. The van der Waals surface area contributed by atoms with Crippen LogP contribution >= 0.6 is 0 Å². The molecule has 1 saturated heterocycles. The van der Waals surface area contributed by atoms with Crippen molar-refractivity contribution in [2.75, 3.05) is 33.4 Å². The monoisotopic (exact) mass is 397 g/mol. The Morgan fingerprint density at radius 3 is 3.00 bits per heavy atom. The second kappa shape index (κ2) is 8.49. The van der Waals surface area contributed by atoms with Crippen LogP contribution < -0.4 is 5.32 Å². The molecule has 0 aliphatic carbocycles. The number of aromatic amines is 1. The van der Waals surface area contributed by atoms with Gasteiger partial charge >= 0.3 is 0 Å². The van der Waals surface area contributed by atoms with E-state index in [1.807, 2.05) is 0 Å². The predicted molar refractivity (Wildman–Crippen MR) is 117 cm³/mol. The van der Waals surface area contributed by atoms with Crippen LogP contribution in [-0.4, -0.2) is 49.1 Å². The summed E-state index contributed by atoms with van der Waals surface area (Å²) >= 11 is 0. The summed E-state index contributed by atoms with van der Waals surface area (Å²) < 4.78 is 5.12. The number of benzene rings is 1. The molecule has 0 bridgehead atoms. The predicted octanol–water partition coefficient (Wildman–Crippen LogP) is 4.05. The van der Waals surface area contributed by atoms with Crippen LogP contribution in [0.2, 0.25) is 0 Å². The Kier molecular flexibility index (Phi) is 5.98. The van der Waals surface area contributed by atoms with E-state index in [2.05, 4.69) is 53.3 Å². The lowest BCUT2D eigenvalue weighted by Crippen LogP contribution is -2.54. The first-order valence-electron chi connectivity index (χ1n) is 11.2. The third-order valence-electron chi connectivity index (χ3n) is 7.50. The summed E-state index contributed by atoms with van der Waals surface area (Å²) in [4.78, 5) is 19.6. The molecule has 0 saturated carbocycles. The van der Waals surface area contributed by atoms with Gasteiger partial charge in [-0.2, -0.15) is 0 Å². The lowest BCUT2D eigenvalue weighted by molar-refractivity contribution is -0.134. The number of rotatable bonds is 7. The van der Waals surface area contributed by atoms with Gasteiger partial charge < -0.3 is 15.0 Å². The zero-order valence-corrected chi connectivity index (χ0v) is 18.1. The molecule has 2 aliphatic heterocycles. The molecule has 3 atom stereocenters. The number of piperidine rings is 1. The van der Waals surface area contributed by atoms with Crippen molar-refractivity contribution >= 4 is 16.8 Å². The van der Waals surface area contributed by atoms with Gasteiger partial charge in [0.2, 0.25) is 5.91 Å². The number of ether oxygens (including phenoxy) is 1. The molecule has 0 spiro atoms. The van der Waals surface area contributed by atoms with E-state index < -0.39 is 0 Å². The van der Waals surface area contributed by atoms with Gasteiger partial charge in [-0.25, -0.2) is 0 Å². The fourth-order valence-electron chi connectivity index (χ4n) is 5.90. The van der Waals surface area contributed by atoms with Crippen molar-refractivity contribution in [2.24, 2.45) is 11.3 Å². The zero-order valence-electron chi connectivity index (χ0n) is 18.1. The number of aromatic nitrogens is 1. The standard InChI is InChI=1S/C24H35N3O2/c1-4-24(17(2)23(28)25-13-8-16-29-3)12-7-14-27-15-11-19-18-9-5-6-10-20(18)26-21(19)22(24)27/h5-6,9-10,17,22,26H,4,7-8,11-16H2,1-3H3,(H,25,28)/t17?,22-,24+/m1/s1.